The number of H-pyrrole nitrogens is 2. The maximum absolute atomic E-state index is 5.08. The standard InChI is InChI=1S/C30H36N6Si/c1-37(2)17-26(33-18-37)29-32-16-25(34-29)21-9-5-19(6-10-21)20-7-11-22(12-8-20)27-28(23-13-14-23)36-30(35-27)24-4-3-15-31-24/h5-12,16,23-24,26,31,33H,3-4,13-15,17-18H2,1-2H3,(H,32,34)(H,35,36). The van der Waals surface area contributed by atoms with Crippen LogP contribution in [0.5, 0.6) is 0 Å². The van der Waals surface area contributed by atoms with Crippen LogP contribution in [0.3, 0.4) is 0 Å². The average Bonchev–Trinajstić information content (AvgIpc) is 3.35. The largest absolute Gasteiger partial charge is 0.344 e. The normalized spacial score (nSPS) is 23.1. The molecule has 4 heterocycles. The molecule has 2 saturated heterocycles. The Balaban J connectivity index is 1.09. The summed E-state index contributed by atoms with van der Waals surface area (Å²) in [6.45, 7) is 5.98. The van der Waals surface area contributed by atoms with Gasteiger partial charge in [0.15, 0.2) is 0 Å². The van der Waals surface area contributed by atoms with Gasteiger partial charge in [0.05, 0.1) is 37.7 Å². The lowest BCUT2D eigenvalue weighted by atomic mass is 10.00. The summed E-state index contributed by atoms with van der Waals surface area (Å²) in [7, 11) is -1.12. The molecular formula is C30H36N6Si. The first-order valence-electron chi connectivity index (χ1n) is 13.9. The van der Waals surface area contributed by atoms with Crippen LogP contribution in [-0.2, 0) is 0 Å². The van der Waals surface area contributed by atoms with Crippen LogP contribution in [-0.4, -0.2) is 40.7 Å². The molecule has 7 heteroatoms. The second-order valence-electron chi connectivity index (χ2n) is 11.9. The molecule has 2 atom stereocenters. The Morgan fingerprint density at radius 3 is 2.08 bits per heavy atom. The molecule has 0 radical (unpaired) electrons. The van der Waals surface area contributed by atoms with E-state index in [0.717, 1.165) is 29.6 Å². The molecule has 2 aromatic carbocycles. The predicted octanol–water partition coefficient (Wildman–Crippen LogP) is 6.33. The molecule has 2 aromatic heterocycles. The van der Waals surface area contributed by atoms with Crippen molar-refractivity contribution in [1.29, 1.82) is 0 Å². The van der Waals surface area contributed by atoms with Crippen LogP contribution in [0.15, 0.2) is 54.7 Å². The molecule has 3 fully saturated rings. The molecule has 2 aliphatic heterocycles. The topological polar surface area (TPSA) is 81.4 Å². The summed E-state index contributed by atoms with van der Waals surface area (Å²) >= 11 is 0. The van der Waals surface area contributed by atoms with Crippen molar-refractivity contribution in [2.75, 3.05) is 12.7 Å². The number of hydrogen-bond donors (Lipinski definition) is 4. The number of nitrogens with one attached hydrogen (secondary N) is 4. The van der Waals surface area contributed by atoms with Gasteiger partial charge in [-0.2, -0.15) is 0 Å². The molecule has 4 N–H and O–H groups in total. The number of hydrogen-bond acceptors (Lipinski definition) is 4. The zero-order valence-electron chi connectivity index (χ0n) is 21.8. The summed E-state index contributed by atoms with van der Waals surface area (Å²) < 4.78 is 0. The molecule has 4 aromatic rings. The molecule has 2 unspecified atom stereocenters. The Hall–Kier alpha value is -3.00. The van der Waals surface area contributed by atoms with Gasteiger partial charge in [-0.3, -0.25) is 0 Å². The number of aromatic nitrogens is 4. The average molecular weight is 509 g/mol. The van der Waals surface area contributed by atoms with Gasteiger partial charge in [-0.15, -0.1) is 0 Å². The SMILES string of the molecule is C[Si]1(C)CNC(c2ncc(-c3ccc(-c4ccc(-c5nc(C6CCCN6)[nH]c5C5CC5)cc4)cc3)[nH]2)C1. The van der Waals surface area contributed by atoms with Gasteiger partial charge in [0, 0.05) is 17.2 Å². The number of aromatic amines is 2. The number of nitrogens with zero attached hydrogens (tertiary/aromatic N) is 2. The molecule has 6 nitrogen and oxygen atoms in total. The van der Waals surface area contributed by atoms with Crippen molar-refractivity contribution in [3.63, 3.8) is 0 Å². The molecule has 1 saturated carbocycles. The summed E-state index contributed by atoms with van der Waals surface area (Å²) in [5.41, 5.74) is 8.39. The van der Waals surface area contributed by atoms with Crippen molar-refractivity contribution < 1.29 is 0 Å². The van der Waals surface area contributed by atoms with E-state index in [4.69, 9.17) is 9.97 Å². The third kappa shape index (κ3) is 4.60. The van der Waals surface area contributed by atoms with Crippen LogP contribution in [0.25, 0.3) is 33.6 Å². The van der Waals surface area contributed by atoms with E-state index in [1.54, 1.807) is 0 Å². The van der Waals surface area contributed by atoms with Crippen molar-refractivity contribution in [1.82, 2.24) is 30.6 Å². The van der Waals surface area contributed by atoms with E-state index in [0.29, 0.717) is 18.0 Å². The van der Waals surface area contributed by atoms with Crippen LogP contribution in [0.1, 0.15) is 61.0 Å². The quantitative estimate of drug-likeness (QED) is 0.230. The monoisotopic (exact) mass is 508 g/mol. The van der Waals surface area contributed by atoms with Crippen molar-refractivity contribution in [3.8, 4) is 33.6 Å². The molecule has 0 bridgehead atoms. The number of rotatable bonds is 6. The number of benzene rings is 2. The summed E-state index contributed by atoms with van der Waals surface area (Å²) in [4.78, 5) is 17.0. The fraction of sp³-hybridized carbons (Fsp3) is 0.400. The van der Waals surface area contributed by atoms with Gasteiger partial charge in [-0.25, -0.2) is 9.97 Å². The molecule has 1 aliphatic carbocycles. The Morgan fingerprint density at radius 1 is 0.757 bits per heavy atom. The van der Waals surface area contributed by atoms with Crippen LogP contribution >= 0.6 is 0 Å². The van der Waals surface area contributed by atoms with Crippen molar-refractivity contribution >= 4 is 8.07 Å². The van der Waals surface area contributed by atoms with Gasteiger partial charge in [0.25, 0.3) is 0 Å². The van der Waals surface area contributed by atoms with E-state index in [2.05, 4.69) is 82.2 Å². The van der Waals surface area contributed by atoms with E-state index in [1.165, 1.54) is 65.8 Å². The van der Waals surface area contributed by atoms with Crippen LogP contribution in [0, 0.1) is 0 Å². The fourth-order valence-corrected chi connectivity index (χ4v) is 8.38. The Bertz CT molecular complexity index is 1390. The number of imidazole rings is 2. The van der Waals surface area contributed by atoms with Gasteiger partial charge >= 0.3 is 0 Å². The highest BCUT2D eigenvalue weighted by molar-refractivity contribution is 6.78. The zero-order valence-corrected chi connectivity index (χ0v) is 22.8. The second-order valence-corrected chi connectivity index (χ2v) is 17.0. The fourth-order valence-electron chi connectivity index (χ4n) is 5.99. The highest BCUT2D eigenvalue weighted by Gasteiger charge is 2.34. The molecule has 37 heavy (non-hydrogen) atoms. The molecule has 3 aliphatic rings. The Labute approximate surface area is 219 Å². The molecule has 0 amide bonds. The molecule has 190 valence electrons. The van der Waals surface area contributed by atoms with E-state index in [1.807, 2.05) is 6.20 Å². The molecule has 7 rings (SSSR count). The van der Waals surface area contributed by atoms with Gasteiger partial charge in [0.1, 0.15) is 11.6 Å². The third-order valence-corrected chi connectivity index (χ3v) is 11.0. The summed E-state index contributed by atoms with van der Waals surface area (Å²) in [6.07, 6.45) is 8.08. The molecular weight excluding hydrogens is 472 g/mol. The first-order valence-corrected chi connectivity index (χ1v) is 17.3. The Kier molecular flexibility index (Phi) is 5.68. The Morgan fingerprint density at radius 2 is 1.46 bits per heavy atom. The lowest BCUT2D eigenvalue weighted by Gasteiger charge is -2.11. The molecule has 0 spiro atoms. The van der Waals surface area contributed by atoms with Crippen LogP contribution in [0.2, 0.25) is 19.1 Å². The highest BCUT2D eigenvalue weighted by Crippen LogP contribution is 2.44. The lowest BCUT2D eigenvalue weighted by Crippen LogP contribution is -2.28. The van der Waals surface area contributed by atoms with Crippen molar-refractivity contribution in [3.05, 3.63) is 72.1 Å². The summed E-state index contributed by atoms with van der Waals surface area (Å²) in [5.74, 6) is 2.83. The maximum Gasteiger partial charge on any atom is 0.124 e. The summed E-state index contributed by atoms with van der Waals surface area (Å²) in [6, 6.07) is 19.7. The minimum atomic E-state index is -1.12. The van der Waals surface area contributed by atoms with Gasteiger partial charge in [-0.05, 0) is 61.1 Å². The smallest absolute Gasteiger partial charge is 0.124 e. The van der Waals surface area contributed by atoms with Crippen LogP contribution in [0.4, 0.5) is 0 Å². The van der Waals surface area contributed by atoms with E-state index >= 15 is 0 Å². The zero-order chi connectivity index (χ0) is 25.0. The third-order valence-electron chi connectivity index (χ3n) is 8.32. The minimum absolute atomic E-state index is 0.369. The summed E-state index contributed by atoms with van der Waals surface area (Å²) in [5, 5.41) is 7.25. The second kappa shape index (κ2) is 9.08. The van der Waals surface area contributed by atoms with E-state index in [9.17, 15) is 0 Å². The van der Waals surface area contributed by atoms with Gasteiger partial charge < -0.3 is 20.6 Å². The van der Waals surface area contributed by atoms with E-state index < -0.39 is 8.07 Å². The lowest BCUT2D eigenvalue weighted by molar-refractivity contribution is 0.611. The van der Waals surface area contributed by atoms with Gasteiger partial charge in [0.2, 0.25) is 0 Å². The predicted molar refractivity (Wildman–Crippen MR) is 152 cm³/mol. The van der Waals surface area contributed by atoms with Crippen molar-refractivity contribution in [2.24, 2.45) is 0 Å². The highest BCUT2D eigenvalue weighted by atomic mass is 28.3. The van der Waals surface area contributed by atoms with Crippen LogP contribution < -0.4 is 10.6 Å². The van der Waals surface area contributed by atoms with Gasteiger partial charge in [-0.1, -0.05) is 61.6 Å². The van der Waals surface area contributed by atoms with Crippen molar-refractivity contribution in [2.45, 2.75) is 62.8 Å². The maximum atomic E-state index is 5.08. The van der Waals surface area contributed by atoms with E-state index in [-0.39, 0.29) is 0 Å². The first-order chi connectivity index (χ1) is 18.0. The first kappa shape index (κ1) is 23.1. The minimum Gasteiger partial charge on any atom is -0.344 e.